The molecule has 4 rings (SSSR count). The van der Waals surface area contributed by atoms with Gasteiger partial charge in [-0.25, -0.2) is 4.39 Å². The summed E-state index contributed by atoms with van der Waals surface area (Å²) in [5, 5.41) is 16.8. The lowest BCUT2D eigenvalue weighted by molar-refractivity contribution is 0.443. The Kier molecular flexibility index (Phi) is 3.32. The van der Waals surface area contributed by atoms with Crippen molar-refractivity contribution in [3.63, 3.8) is 0 Å². The Hall–Kier alpha value is -2.37. The van der Waals surface area contributed by atoms with Crippen LogP contribution in [-0.2, 0) is 0 Å². The second-order valence-electron chi connectivity index (χ2n) is 5.40. The standard InChI is InChI=1S/C17H12ClFN3O/c18-11-5-7-16-14(9-11)12(13-3-1-2-4-15(13)19)6-8-17-20-22(23)10-21(16)17/h1-7,9H,8,10H2/q-1. The molecule has 0 unspecified atom stereocenters. The van der Waals surface area contributed by atoms with Gasteiger partial charge in [0.25, 0.3) is 0 Å². The highest BCUT2D eigenvalue weighted by Crippen LogP contribution is 2.38. The largest absolute Gasteiger partial charge is 0.740 e. The van der Waals surface area contributed by atoms with Gasteiger partial charge in [0.15, 0.2) is 0 Å². The average Bonchev–Trinajstić information content (AvgIpc) is 2.83. The highest BCUT2D eigenvalue weighted by Gasteiger charge is 2.27. The number of anilines is 1. The Morgan fingerprint density at radius 3 is 2.78 bits per heavy atom. The summed E-state index contributed by atoms with van der Waals surface area (Å²) in [5.74, 6) is 0.356. The van der Waals surface area contributed by atoms with E-state index in [-0.39, 0.29) is 12.5 Å². The number of benzene rings is 2. The van der Waals surface area contributed by atoms with Gasteiger partial charge in [-0.05, 0) is 29.8 Å². The SMILES string of the molecule is [O-]N1CN2C(=N1)CC=C(c1ccccc1F)c1cc(Cl)ccc12. The molecule has 2 aliphatic rings. The van der Waals surface area contributed by atoms with E-state index in [4.69, 9.17) is 11.6 Å². The van der Waals surface area contributed by atoms with E-state index in [0.29, 0.717) is 28.0 Å². The molecule has 0 atom stereocenters. The second kappa shape index (κ2) is 5.37. The number of halogens is 2. The number of amidine groups is 1. The van der Waals surface area contributed by atoms with E-state index in [1.54, 1.807) is 30.3 Å². The van der Waals surface area contributed by atoms with Crippen LogP contribution in [0.25, 0.3) is 5.57 Å². The van der Waals surface area contributed by atoms with Crippen molar-refractivity contribution in [1.29, 1.82) is 0 Å². The fourth-order valence-corrected chi connectivity index (χ4v) is 3.15. The Labute approximate surface area is 137 Å². The summed E-state index contributed by atoms with van der Waals surface area (Å²) in [6.07, 6.45) is 2.35. The van der Waals surface area contributed by atoms with Crippen molar-refractivity contribution in [1.82, 2.24) is 5.17 Å². The van der Waals surface area contributed by atoms with E-state index in [1.807, 2.05) is 17.0 Å². The van der Waals surface area contributed by atoms with E-state index in [2.05, 4.69) is 5.10 Å². The molecule has 0 spiro atoms. The second-order valence-corrected chi connectivity index (χ2v) is 5.84. The molecule has 0 fully saturated rings. The minimum absolute atomic E-state index is 0.127. The lowest BCUT2D eigenvalue weighted by Crippen LogP contribution is -2.29. The lowest BCUT2D eigenvalue weighted by atomic mass is 9.95. The van der Waals surface area contributed by atoms with Crippen LogP contribution in [0, 0.1) is 11.0 Å². The van der Waals surface area contributed by atoms with E-state index >= 15 is 0 Å². The maximum absolute atomic E-state index is 14.3. The highest BCUT2D eigenvalue weighted by molar-refractivity contribution is 6.31. The van der Waals surface area contributed by atoms with Crippen molar-refractivity contribution in [2.24, 2.45) is 5.10 Å². The summed E-state index contributed by atoms with van der Waals surface area (Å²) in [5.41, 5.74) is 2.87. The van der Waals surface area contributed by atoms with Gasteiger partial charge in [-0.15, -0.1) is 0 Å². The van der Waals surface area contributed by atoms with Gasteiger partial charge >= 0.3 is 0 Å². The van der Waals surface area contributed by atoms with E-state index < -0.39 is 0 Å². The molecule has 2 aromatic rings. The first-order valence-electron chi connectivity index (χ1n) is 7.18. The zero-order chi connectivity index (χ0) is 16.0. The molecule has 0 bridgehead atoms. The molecule has 0 saturated heterocycles. The first-order valence-corrected chi connectivity index (χ1v) is 7.56. The number of hydroxylamine groups is 1. The van der Waals surface area contributed by atoms with Crippen LogP contribution < -0.4 is 4.90 Å². The molecule has 2 aromatic carbocycles. The van der Waals surface area contributed by atoms with Crippen LogP contribution in [-0.4, -0.2) is 17.7 Å². The van der Waals surface area contributed by atoms with Gasteiger partial charge in [-0.3, -0.25) is 0 Å². The van der Waals surface area contributed by atoms with Crippen molar-refractivity contribution < 1.29 is 4.39 Å². The summed E-state index contributed by atoms with van der Waals surface area (Å²) in [6, 6.07) is 12.0. The molecule has 6 heteroatoms. The van der Waals surface area contributed by atoms with Crippen molar-refractivity contribution in [3.8, 4) is 0 Å². The van der Waals surface area contributed by atoms with Gasteiger partial charge in [-0.2, -0.15) is 5.10 Å². The zero-order valence-corrected chi connectivity index (χ0v) is 12.8. The van der Waals surface area contributed by atoms with Gasteiger partial charge in [0, 0.05) is 22.6 Å². The number of hydrazone groups is 1. The molecule has 0 saturated carbocycles. The molecule has 0 radical (unpaired) electrons. The summed E-state index contributed by atoms with van der Waals surface area (Å²) in [4.78, 5) is 1.84. The highest BCUT2D eigenvalue weighted by atomic mass is 35.5. The fraction of sp³-hybridized carbons (Fsp3) is 0.118. The van der Waals surface area contributed by atoms with Gasteiger partial charge < -0.3 is 15.3 Å². The van der Waals surface area contributed by atoms with Crippen LogP contribution >= 0.6 is 11.6 Å². The summed E-state index contributed by atoms with van der Waals surface area (Å²) in [7, 11) is 0. The van der Waals surface area contributed by atoms with Crippen LogP contribution in [0.4, 0.5) is 10.1 Å². The molecule has 0 amide bonds. The smallest absolute Gasteiger partial charge is 0.133 e. The molecule has 2 heterocycles. The topological polar surface area (TPSA) is 41.9 Å². The molecule has 23 heavy (non-hydrogen) atoms. The summed E-state index contributed by atoms with van der Waals surface area (Å²) >= 11 is 6.15. The van der Waals surface area contributed by atoms with Crippen molar-refractivity contribution in [2.45, 2.75) is 6.42 Å². The fourth-order valence-electron chi connectivity index (χ4n) is 2.98. The van der Waals surface area contributed by atoms with E-state index in [1.165, 1.54) is 6.07 Å². The van der Waals surface area contributed by atoms with Crippen LogP contribution in [0.1, 0.15) is 17.5 Å². The zero-order valence-electron chi connectivity index (χ0n) is 12.0. The quantitative estimate of drug-likeness (QED) is 0.787. The van der Waals surface area contributed by atoms with Gasteiger partial charge in [0.2, 0.25) is 0 Å². The van der Waals surface area contributed by atoms with Crippen molar-refractivity contribution in [2.75, 3.05) is 11.6 Å². The van der Waals surface area contributed by atoms with Crippen LogP contribution in [0.3, 0.4) is 0 Å². The van der Waals surface area contributed by atoms with Crippen molar-refractivity contribution in [3.05, 3.63) is 75.7 Å². The predicted octanol–water partition coefficient (Wildman–Crippen LogP) is 4.21. The summed E-state index contributed by atoms with van der Waals surface area (Å²) in [6.45, 7) is 0.127. The molecular formula is C17H12ClFN3O-. The first kappa shape index (κ1) is 14.2. The minimum atomic E-state index is -0.292. The Morgan fingerprint density at radius 2 is 1.96 bits per heavy atom. The molecular weight excluding hydrogens is 317 g/mol. The Morgan fingerprint density at radius 1 is 1.13 bits per heavy atom. The number of rotatable bonds is 1. The number of fused-ring (bicyclic) bond motifs is 3. The Bertz CT molecular complexity index is 849. The average molecular weight is 329 g/mol. The van der Waals surface area contributed by atoms with Gasteiger partial charge in [0.05, 0.1) is 5.69 Å². The maximum atomic E-state index is 14.3. The molecule has 0 N–H and O–H groups in total. The van der Waals surface area contributed by atoms with Crippen molar-refractivity contribution >= 4 is 28.7 Å². The van der Waals surface area contributed by atoms with E-state index in [9.17, 15) is 9.60 Å². The third kappa shape index (κ3) is 2.38. The third-order valence-corrected chi connectivity index (χ3v) is 4.23. The third-order valence-electron chi connectivity index (χ3n) is 3.99. The lowest BCUT2D eigenvalue weighted by Gasteiger charge is -2.25. The van der Waals surface area contributed by atoms with Crippen LogP contribution in [0.15, 0.2) is 53.6 Å². The normalized spacial score (nSPS) is 16.5. The Balaban J connectivity index is 1.94. The molecule has 2 aliphatic heterocycles. The maximum Gasteiger partial charge on any atom is 0.133 e. The number of hydrogen-bond acceptors (Lipinski definition) is 4. The molecule has 0 aromatic heterocycles. The van der Waals surface area contributed by atoms with Crippen LogP contribution in [0.5, 0.6) is 0 Å². The minimum Gasteiger partial charge on any atom is -0.740 e. The van der Waals surface area contributed by atoms with Gasteiger partial charge in [-0.1, -0.05) is 35.9 Å². The van der Waals surface area contributed by atoms with E-state index in [0.717, 1.165) is 16.8 Å². The van der Waals surface area contributed by atoms with Crippen LogP contribution in [0.2, 0.25) is 5.02 Å². The number of hydrogen-bond donors (Lipinski definition) is 0. The monoisotopic (exact) mass is 328 g/mol. The first-order chi connectivity index (χ1) is 11.1. The molecule has 4 nitrogen and oxygen atoms in total. The predicted molar refractivity (Wildman–Crippen MR) is 89.5 cm³/mol. The summed E-state index contributed by atoms with van der Waals surface area (Å²) < 4.78 is 14.3. The molecule has 116 valence electrons. The van der Waals surface area contributed by atoms with Gasteiger partial charge in [0.1, 0.15) is 18.3 Å². The number of nitrogens with zero attached hydrogens (tertiary/aromatic N) is 3. The molecule has 0 aliphatic carbocycles.